The van der Waals surface area contributed by atoms with Crippen LogP contribution in [0.1, 0.15) is 30.3 Å². The molecule has 2 heterocycles. The lowest BCUT2D eigenvalue weighted by molar-refractivity contribution is -0.113. The van der Waals surface area contributed by atoms with Gasteiger partial charge in [-0.1, -0.05) is 27.7 Å². The van der Waals surface area contributed by atoms with Gasteiger partial charge in [0.05, 0.1) is 11.1 Å². The molecule has 3 aromatic rings. The monoisotopic (exact) mass is 465 g/mol. The molecule has 0 fully saturated rings. The Bertz CT molecular complexity index is 1060. The van der Waals surface area contributed by atoms with E-state index in [1.54, 1.807) is 4.57 Å². The van der Waals surface area contributed by atoms with E-state index < -0.39 is 0 Å². The Morgan fingerprint density at radius 2 is 1.96 bits per heavy atom. The largest absolute Gasteiger partial charge is 0.325 e. The van der Waals surface area contributed by atoms with Crippen LogP contribution in [0.4, 0.5) is 5.69 Å². The fourth-order valence-electron chi connectivity index (χ4n) is 2.71. The van der Waals surface area contributed by atoms with Crippen molar-refractivity contribution in [2.75, 3.05) is 11.1 Å². The first-order valence-corrected chi connectivity index (χ1v) is 11.1. The van der Waals surface area contributed by atoms with Crippen LogP contribution in [0.3, 0.4) is 0 Å². The lowest BCUT2D eigenvalue weighted by atomic mass is 10.2. The topological polar surface area (TPSA) is 64.0 Å². The molecule has 5 nitrogen and oxygen atoms in total. The van der Waals surface area contributed by atoms with Gasteiger partial charge in [-0.2, -0.15) is 0 Å². The van der Waals surface area contributed by atoms with Crippen LogP contribution in [0.15, 0.2) is 38.7 Å². The summed E-state index contributed by atoms with van der Waals surface area (Å²) in [4.78, 5) is 31.8. The molecule has 3 rings (SSSR count). The van der Waals surface area contributed by atoms with Crippen LogP contribution in [0.25, 0.3) is 10.2 Å². The Labute approximate surface area is 174 Å². The quantitative estimate of drug-likeness (QED) is 0.417. The van der Waals surface area contributed by atoms with Crippen LogP contribution in [0.5, 0.6) is 0 Å². The highest BCUT2D eigenvalue weighted by atomic mass is 79.9. The van der Waals surface area contributed by atoms with Gasteiger partial charge in [-0.15, -0.1) is 11.3 Å². The summed E-state index contributed by atoms with van der Waals surface area (Å²) in [6, 6.07) is 7.37. The molecule has 0 aliphatic heterocycles. The number of nitrogens with one attached hydrogen (secondary N) is 1. The third-order valence-electron chi connectivity index (χ3n) is 4.18. The fraction of sp³-hybridized carbons (Fsp3) is 0.316. The Kier molecular flexibility index (Phi) is 6.08. The lowest BCUT2D eigenvalue weighted by Gasteiger charge is -2.15. The highest BCUT2D eigenvalue weighted by molar-refractivity contribution is 9.10. The maximum atomic E-state index is 13.0. The number of nitrogens with zero attached hydrogens (tertiary/aromatic N) is 2. The van der Waals surface area contributed by atoms with Crippen LogP contribution in [-0.2, 0) is 4.79 Å². The number of carbonyl (C=O) groups is 1. The molecular weight excluding hydrogens is 446 g/mol. The first-order chi connectivity index (χ1) is 12.8. The summed E-state index contributed by atoms with van der Waals surface area (Å²) in [5, 5.41) is 4.13. The third-order valence-corrected chi connectivity index (χ3v) is 6.76. The number of aryl methyl sites for hydroxylation is 2. The molecule has 1 amide bonds. The molecule has 0 saturated carbocycles. The molecule has 142 valence electrons. The molecule has 0 bridgehead atoms. The normalized spacial score (nSPS) is 11.3. The van der Waals surface area contributed by atoms with Crippen LogP contribution in [0, 0.1) is 13.8 Å². The zero-order valence-electron chi connectivity index (χ0n) is 15.5. The van der Waals surface area contributed by atoms with Crippen molar-refractivity contribution in [1.82, 2.24) is 9.55 Å². The zero-order chi connectivity index (χ0) is 19.7. The van der Waals surface area contributed by atoms with Gasteiger partial charge in [0.1, 0.15) is 4.83 Å². The number of halogens is 1. The van der Waals surface area contributed by atoms with Crippen LogP contribution >= 0.6 is 39.0 Å². The maximum absolute atomic E-state index is 13.0. The highest BCUT2D eigenvalue weighted by Crippen LogP contribution is 2.29. The van der Waals surface area contributed by atoms with Crippen molar-refractivity contribution >= 4 is 60.8 Å². The van der Waals surface area contributed by atoms with Gasteiger partial charge in [0, 0.05) is 21.1 Å². The summed E-state index contributed by atoms with van der Waals surface area (Å²) in [5.41, 5.74) is 1.69. The van der Waals surface area contributed by atoms with Gasteiger partial charge in [0.2, 0.25) is 5.91 Å². The van der Waals surface area contributed by atoms with E-state index in [9.17, 15) is 9.59 Å². The van der Waals surface area contributed by atoms with Gasteiger partial charge in [0.25, 0.3) is 5.56 Å². The van der Waals surface area contributed by atoms with Gasteiger partial charge in [0.15, 0.2) is 5.16 Å². The molecule has 0 spiro atoms. The van der Waals surface area contributed by atoms with Crippen molar-refractivity contribution in [3.8, 4) is 0 Å². The molecule has 0 atom stereocenters. The fourth-order valence-corrected chi connectivity index (χ4v) is 4.97. The average Bonchev–Trinajstić information content (AvgIpc) is 2.89. The molecule has 1 N–H and O–H groups in total. The van der Waals surface area contributed by atoms with Gasteiger partial charge in [-0.3, -0.25) is 14.2 Å². The second-order valence-corrected chi connectivity index (χ2v) is 9.53. The molecule has 0 saturated heterocycles. The summed E-state index contributed by atoms with van der Waals surface area (Å²) in [6.45, 7) is 7.87. The van der Waals surface area contributed by atoms with E-state index in [-0.39, 0.29) is 23.3 Å². The average molecular weight is 466 g/mol. The lowest BCUT2D eigenvalue weighted by Crippen LogP contribution is -2.25. The van der Waals surface area contributed by atoms with E-state index >= 15 is 0 Å². The van der Waals surface area contributed by atoms with E-state index in [0.29, 0.717) is 10.5 Å². The number of hydrogen-bond acceptors (Lipinski definition) is 5. The summed E-state index contributed by atoms with van der Waals surface area (Å²) in [5.74, 6) is 0.0508. The molecule has 27 heavy (non-hydrogen) atoms. The molecular formula is C19H20BrN3O2S2. The minimum absolute atomic E-state index is 0.0346. The predicted octanol–water partition coefficient (Wildman–Crippen LogP) is 5.15. The van der Waals surface area contributed by atoms with Crippen molar-refractivity contribution < 1.29 is 4.79 Å². The van der Waals surface area contributed by atoms with Crippen molar-refractivity contribution in [1.29, 1.82) is 0 Å². The molecule has 1 aromatic carbocycles. The molecule has 0 unspecified atom stereocenters. The molecule has 0 aliphatic carbocycles. The van der Waals surface area contributed by atoms with E-state index in [1.807, 2.05) is 52.0 Å². The van der Waals surface area contributed by atoms with E-state index in [4.69, 9.17) is 0 Å². The number of amides is 1. The Morgan fingerprint density at radius 3 is 2.59 bits per heavy atom. The zero-order valence-corrected chi connectivity index (χ0v) is 18.7. The summed E-state index contributed by atoms with van der Waals surface area (Å²) < 4.78 is 2.63. The Hall–Kier alpha value is -1.64. The maximum Gasteiger partial charge on any atom is 0.263 e. The SMILES string of the molecule is Cc1sc2nc(SCC(=O)Nc3ccc(Br)cc3)n(C(C)C)c(=O)c2c1C. The standard InChI is InChI=1S/C19H20BrN3O2S2/c1-10(2)23-18(25)16-11(3)12(4)27-17(16)22-19(23)26-9-15(24)21-14-7-5-13(20)6-8-14/h5-8,10H,9H2,1-4H3,(H,21,24). The molecule has 2 aromatic heterocycles. The van der Waals surface area contributed by atoms with Crippen LogP contribution < -0.4 is 10.9 Å². The molecule has 0 radical (unpaired) electrons. The van der Waals surface area contributed by atoms with E-state index in [2.05, 4.69) is 26.2 Å². The Morgan fingerprint density at radius 1 is 1.30 bits per heavy atom. The number of benzene rings is 1. The van der Waals surface area contributed by atoms with Crippen LogP contribution in [-0.4, -0.2) is 21.2 Å². The number of thioether (sulfide) groups is 1. The molecule has 0 aliphatic rings. The number of fused-ring (bicyclic) bond motifs is 1. The summed E-state index contributed by atoms with van der Waals surface area (Å²) in [7, 11) is 0. The van der Waals surface area contributed by atoms with Gasteiger partial charge in [-0.05, 0) is 57.5 Å². The number of rotatable bonds is 5. The first kappa shape index (κ1) is 20.1. The van der Waals surface area contributed by atoms with Crippen LogP contribution in [0.2, 0.25) is 0 Å². The second-order valence-electron chi connectivity index (χ2n) is 6.47. The summed E-state index contributed by atoms with van der Waals surface area (Å²) >= 11 is 6.18. The smallest absolute Gasteiger partial charge is 0.263 e. The van der Waals surface area contributed by atoms with Crippen molar-refractivity contribution in [2.24, 2.45) is 0 Å². The van der Waals surface area contributed by atoms with Gasteiger partial charge < -0.3 is 5.32 Å². The minimum Gasteiger partial charge on any atom is -0.325 e. The summed E-state index contributed by atoms with van der Waals surface area (Å²) in [6.07, 6.45) is 0. The Balaban J connectivity index is 1.85. The number of hydrogen-bond donors (Lipinski definition) is 1. The first-order valence-electron chi connectivity index (χ1n) is 8.48. The van der Waals surface area contributed by atoms with Gasteiger partial charge in [-0.25, -0.2) is 4.98 Å². The highest BCUT2D eigenvalue weighted by Gasteiger charge is 2.19. The predicted molar refractivity (Wildman–Crippen MR) is 117 cm³/mol. The van der Waals surface area contributed by atoms with E-state index in [1.165, 1.54) is 23.1 Å². The van der Waals surface area contributed by atoms with Gasteiger partial charge >= 0.3 is 0 Å². The second kappa shape index (κ2) is 8.16. The third kappa shape index (κ3) is 4.28. The van der Waals surface area contributed by atoms with Crippen molar-refractivity contribution in [3.63, 3.8) is 0 Å². The van der Waals surface area contributed by atoms with E-state index in [0.717, 1.165) is 25.4 Å². The number of anilines is 1. The number of thiophene rings is 1. The minimum atomic E-state index is -0.134. The number of aromatic nitrogens is 2. The van der Waals surface area contributed by atoms with Crippen molar-refractivity contribution in [2.45, 2.75) is 38.9 Å². The van der Waals surface area contributed by atoms with Crippen molar-refractivity contribution in [3.05, 3.63) is 49.5 Å². The number of carbonyl (C=O) groups excluding carboxylic acids is 1. The molecule has 8 heteroatoms.